The number of carbonyl (C=O) groups excluding carboxylic acids is 1. The second kappa shape index (κ2) is 9.58. The molecule has 0 heterocycles. The Bertz CT molecular complexity index is 665. The van der Waals surface area contributed by atoms with Crippen LogP contribution in [0.15, 0.2) is 36.0 Å². The van der Waals surface area contributed by atoms with E-state index in [2.05, 4.69) is 10.6 Å². The highest BCUT2D eigenvalue weighted by molar-refractivity contribution is 6.31. The van der Waals surface area contributed by atoms with Gasteiger partial charge in [0.25, 0.3) is 5.91 Å². The maximum Gasteiger partial charge on any atom is 0.326 e. The SMILES string of the molecule is CC(C)CC(N/C=C(/C#N)C(=O)NCc1ccccc1Cl)C(=O)O. The number of hydrogen-bond acceptors (Lipinski definition) is 4. The molecule has 0 saturated heterocycles. The van der Waals surface area contributed by atoms with Crippen LogP contribution in [-0.2, 0) is 16.1 Å². The average Bonchev–Trinajstić information content (AvgIpc) is 2.53. The van der Waals surface area contributed by atoms with E-state index in [9.17, 15) is 9.59 Å². The van der Waals surface area contributed by atoms with E-state index in [1.807, 2.05) is 13.8 Å². The maximum absolute atomic E-state index is 12.0. The minimum absolute atomic E-state index is 0.159. The molecule has 6 nitrogen and oxygen atoms in total. The van der Waals surface area contributed by atoms with E-state index in [4.69, 9.17) is 22.0 Å². The summed E-state index contributed by atoms with van der Waals surface area (Å²) in [5.41, 5.74) is 0.526. The zero-order chi connectivity index (χ0) is 18.1. The quantitative estimate of drug-likeness (QED) is 0.494. The Kier molecular flexibility index (Phi) is 7.80. The Hall–Kier alpha value is -2.52. The largest absolute Gasteiger partial charge is 0.480 e. The van der Waals surface area contributed by atoms with Crippen LogP contribution >= 0.6 is 11.6 Å². The number of nitriles is 1. The number of nitrogens with one attached hydrogen (secondary N) is 2. The lowest BCUT2D eigenvalue weighted by Crippen LogP contribution is -2.35. The van der Waals surface area contributed by atoms with E-state index in [1.165, 1.54) is 0 Å². The molecular weight excluding hydrogens is 330 g/mol. The molecule has 7 heteroatoms. The van der Waals surface area contributed by atoms with Gasteiger partial charge in [0.2, 0.25) is 0 Å². The first-order valence-corrected chi connectivity index (χ1v) is 7.83. The highest BCUT2D eigenvalue weighted by atomic mass is 35.5. The Morgan fingerprint density at radius 1 is 1.38 bits per heavy atom. The number of amides is 1. The summed E-state index contributed by atoms with van der Waals surface area (Å²) in [5.74, 6) is -1.47. The summed E-state index contributed by atoms with van der Waals surface area (Å²) in [6.45, 7) is 3.96. The molecule has 0 aromatic heterocycles. The standard InChI is InChI=1S/C17H20ClN3O3/c1-11(2)7-15(17(23)24)20-10-13(8-19)16(22)21-9-12-5-3-4-6-14(12)18/h3-6,10-11,15,20H,7,9H2,1-2H3,(H,21,22)(H,23,24)/b13-10-. The summed E-state index contributed by atoms with van der Waals surface area (Å²) >= 11 is 6.00. The number of aliphatic carboxylic acids is 1. The van der Waals surface area contributed by atoms with E-state index in [0.29, 0.717) is 11.4 Å². The van der Waals surface area contributed by atoms with Crippen LogP contribution in [0.5, 0.6) is 0 Å². The molecule has 0 saturated carbocycles. The lowest BCUT2D eigenvalue weighted by Gasteiger charge is -2.15. The van der Waals surface area contributed by atoms with Crippen molar-refractivity contribution in [2.24, 2.45) is 5.92 Å². The third kappa shape index (κ3) is 6.31. The van der Waals surface area contributed by atoms with Crippen molar-refractivity contribution in [1.82, 2.24) is 10.6 Å². The average molecular weight is 350 g/mol. The van der Waals surface area contributed by atoms with Crippen LogP contribution in [0.3, 0.4) is 0 Å². The molecule has 128 valence electrons. The second-order valence-electron chi connectivity index (χ2n) is 5.63. The van der Waals surface area contributed by atoms with Crippen LogP contribution in [0, 0.1) is 17.2 Å². The predicted octanol–water partition coefficient (Wildman–Crippen LogP) is 2.45. The van der Waals surface area contributed by atoms with Crippen LogP contribution in [-0.4, -0.2) is 23.0 Å². The number of carboxylic acid groups (broad SMARTS) is 1. The van der Waals surface area contributed by atoms with Crippen molar-refractivity contribution in [2.75, 3.05) is 0 Å². The number of benzene rings is 1. The highest BCUT2D eigenvalue weighted by Crippen LogP contribution is 2.14. The monoisotopic (exact) mass is 349 g/mol. The van der Waals surface area contributed by atoms with Gasteiger partial charge in [-0.2, -0.15) is 5.26 Å². The zero-order valence-electron chi connectivity index (χ0n) is 13.5. The first-order chi connectivity index (χ1) is 11.3. The van der Waals surface area contributed by atoms with Gasteiger partial charge < -0.3 is 15.7 Å². The molecule has 1 amide bonds. The van der Waals surface area contributed by atoms with Gasteiger partial charge in [-0.1, -0.05) is 43.6 Å². The van der Waals surface area contributed by atoms with Crippen molar-refractivity contribution in [3.63, 3.8) is 0 Å². The van der Waals surface area contributed by atoms with E-state index >= 15 is 0 Å². The molecule has 0 aliphatic heterocycles. The highest BCUT2D eigenvalue weighted by Gasteiger charge is 2.18. The van der Waals surface area contributed by atoms with Crippen LogP contribution in [0.25, 0.3) is 0 Å². The summed E-state index contributed by atoms with van der Waals surface area (Å²) < 4.78 is 0. The maximum atomic E-state index is 12.0. The van der Waals surface area contributed by atoms with Gasteiger partial charge in [-0.25, -0.2) is 4.79 Å². The van der Waals surface area contributed by atoms with Gasteiger partial charge >= 0.3 is 5.97 Å². The number of nitrogens with zero attached hydrogens (tertiary/aromatic N) is 1. The molecule has 1 aromatic carbocycles. The van der Waals surface area contributed by atoms with Crippen LogP contribution in [0.2, 0.25) is 5.02 Å². The third-order valence-corrected chi connectivity index (χ3v) is 3.57. The molecule has 1 atom stereocenters. The predicted molar refractivity (Wildman–Crippen MR) is 91.0 cm³/mol. The van der Waals surface area contributed by atoms with Crippen molar-refractivity contribution >= 4 is 23.5 Å². The van der Waals surface area contributed by atoms with Gasteiger partial charge in [0.15, 0.2) is 0 Å². The van der Waals surface area contributed by atoms with Gasteiger partial charge in [0.1, 0.15) is 17.7 Å². The molecule has 0 aliphatic rings. The van der Waals surface area contributed by atoms with E-state index < -0.39 is 17.9 Å². The molecule has 3 N–H and O–H groups in total. The van der Waals surface area contributed by atoms with Crippen molar-refractivity contribution in [3.8, 4) is 6.07 Å². The molecule has 1 rings (SSSR count). The Morgan fingerprint density at radius 2 is 2.04 bits per heavy atom. The number of carboxylic acids is 1. The van der Waals surface area contributed by atoms with Gasteiger partial charge in [-0.05, 0) is 24.0 Å². The van der Waals surface area contributed by atoms with Gasteiger partial charge in [-0.15, -0.1) is 0 Å². The minimum Gasteiger partial charge on any atom is -0.480 e. The smallest absolute Gasteiger partial charge is 0.326 e. The molecular formula is C17H20ClN3O3. The third-order valence-electron chi connectivity index (χ3n) is 3.20. The first kappa shape index (κ1) is 19.5. The van der Waals surface area contributed by atoms with E-state index in [1.54, 1.807) is 30.3 Å². The fourth-order valence-corrected chi connectivity index (χ4v) is 2.16. The van der Waals surface area contributed by atoms with Crippen molar-refractivity contribution in [3.05, 3.63) is 46.6 Å². The van der Waals surface area contributed by atoms with Crippen molar-refractivity contribution < 1.29 is 14.7 Å². The minimum atomic E-state index is -1.03. The Balaban J connectivity index is 2.70. The normalized spacial score (nSPS) is 12.4. The molecule has 0 spiro atoms. The topological polar surface area (TPSA) is 102 Å². The van der Waals surface area contributed by atoms with Crippen molar-refractivity contribution in [1.29, 1.82) is 5.26 Å². The number of carbonyl (C=O) groups is 2. The van der Waals surface area contributed by atoms with E-state index in [-0.39, 0.29) is 18.0 Å². The van der Waals surface area contributed by atoms with Gasteiger partial charge in [0, 0.05) is 17.8 Å². The lowest BCUT2D eigenvalue weighted by molar-refractivity contribution is -0.139. The molecule has 0 fully saturated rings. The van der Waals surface area contributed by atoms with Crippen LogP contribution in [0.1, 0.15) is 25.8 Å². The second-order valence-corrected chi connectivity index (χ2v) is 6.04. The summed E-state index contributed by atoms with van der Waals surface area (Å²) in [4.78, 5) is 23.2. The van der Waals surface area contributed by atoms with Gasteiger partial charge in [-0.3, -0.25) is 4.79 Å². The fraction of sp³-hybridized carbons (Fsp3) is 0.353. The number of hydrogen-bond donors (Lipinski definition) is 3. The fourth-order valence-electron chi connectivity index (χ4n) is 1.96. The number of rotatable bonds is 8. The lowest BCUT2D eigenvalue weighted by atomic mass is 10.0. The summed E-state index contributed by atoms with van der Waals surface area (Å²) in [5, 5.41) is 23.9. The zero-order valence-corrected chi connectivity index (χ0v) is 14.3. The summed E-state index contributed by atoms with van der Waals surface area (Å²) in [6.07, 6.45) is 1.52. The molecule has 0 aliphatic carbocycles. The molecule has 1 aromatic rings. The first-order valence-electron chi connectivity index (χ1n) is 7.45. The Morgan fingerprint density at radius 3 is 2.58 bits per heavy atom. The van der Waals surface area contributed by atoms with Gasteiger partial charge in [0.05, 0.1) is 0 Å². The molecule has 1 unspecified atom stereocenters. The molecule has 0 bridgehead atoms. The van der Waals surface area contributed by atoms with Crippen molar-refractivity contribution in [2.45, 2.75) is 32.9 Å². The molecule has 24 heavy (non-hydrogen) atoms. The number of halogens is 1. The Labute approximate surface area is 146 Å². The summed E-state index contributed by atoms with van der Waals surface area (Å²) in [7, 11) is 0. The summed E-state index contributed by atoms with van der Waals surface area (Å²) in [6, 6.07) is 7.94. The molecule has 0 radical (unpaired) electrons. The van der Waals surface area contributed by atoms with Crippen LogP contribution < -0.4 is 10.6 Å². The van der Waals surface area contributed by atoms with E-state index in [0.717, 1.165) is 11.8 Å². The van der Waals surface area contributed by atoms with Crippen LogP contribution in [0.4, 0.5) is 0 Å².